The van der Waals surface area contributed by atoms with Gasteiger partial charge in [-0.25, -0.2) is 19.6 Å². The second-order valence-electron chi connectivity index (χ2n) is 10.8. The minimum absolute atomic E-state index is 0. The van der Waals surface area contributed by atoms with E-state index in [0.717, 1.165) is 25.7 Å². The molecule has 0 aromatic heterocycles. The van der Waals surface area contributed by atoms with E-state index >= 15 is 0 Å². The molecule has 4 atom stereocenters. The van der Waals surface area contributed by atoms with Gasteiger partial charge in [0.2, 0.25) is 0 Å². The molecule has 9 heteroatoms. The van der Waals surface area contributed by atoms with Gasteiger partial charge in [-0.15, -0.1) is 0 Å². The molecule has 0 aliphatic rings. The molecule has 252 valence electrons. The number of unbranched alkanes of at least 4 members (excludes halogenated alkanes) is 4. The van der Waals surface area contributed by atoms with Crippen molar-refractivity contribution in [1.82, 2.24) is 0 Å². The smallest absolute Gasteiger partial charge is 0.0847 e. The van der Waals surface area contributed by atoms with Gasteiger partial charge in [0, 0.05) is 21.7 Å². The minimum atomic E-state index is 0. The molecule has 0 fully saturated rings. The van der Waals surface area contributed by atoms with Gasteiger partial charge >= 0.3 is 0 Å². The molecule has 0 aliphatic heterocycles. The van der Waals surface area contributed by atoms with Gasteiger partial charge in [-0.2, -0.15) is 0 Å². The summed E-state index contributed by atoms with van der Waals surface area (Å²) in [7, 11) is 0. The third-order valence-electron chi connectivity index (χ3n) is 7.41. The largest absolute Gasteiger partial charge is 0.252 e. The molecule has 0 aliphatic carbocycles. The van der Waals surface area contributed by atoms with E-state index in [2.05, 4.69) is 74.9 Å². The van der Waals surface area contributed by atoms with E-state index in [9.17, 15) is 0 Å². The molecule has 0 amide bonds. The minimum Gasteiger partial charge on any atom is -0.252 e. The Morgan fingerprint density at radius 1 is 0.366 bits per heavy atom. The Hall–Kier alpha value is 0.394. The van der Waals surface area contributed by atoms with E-state index in [4.69, 9.17) is 21.0 Å². The monoisotopic (exact) mass is 632 g/mol. The van der Waals surface area contributed by atoms with Crippen LogP contribution in [0.25, 0.3) is 0 Å². The van der Waals surface area contributed by atoms with Crippen LogP contribution in [0, 0.1) is 23.7 Å². The Labute approximate surface area is 269 Å². The topological polar surface area (TPSA) is 118 Å². The first-order valence-corrected chi connectivity index (χ1v) is 16.4. The number of hydrogen-bond acceptors (Lipinski definition) is 8. The first-order valence-electron chi connectivity index (χ1n) is 16.4. The summed E-state index contributed by atoms with van der Waals surface area (Å²) in [6, 6.07) is 0. The predicted octanol–water partition coefficient (Wildman–Crippen LogP) is 10.8. The van der Waals surface area contributed by atoms with E-state index in [0.29, 0.717) is 50.1 Å². The van der Waals surface area contributed by atoms with Gasteiger partial charge in [-0.05, 0) is 49.4 Å². The summed E-state index contributed by atoms with van der Waals surface area (Å²) in [6.45, 7) is 19.2. The standard InChI is InChI=1S/4C8H18O2.Ti/c4*1-3-5-6-8(4-2)7-10-9;/h4*8-9H,3-7H2,1-2H3;. The fourth-order valence-electron chi connectivity index (χ4n) is 4.01. The van der Waals surface area contributed by atoms with Crippen molar-refractivity contribution in [3.05, 3.63) is 0 Å². The maximum Gasteiger partial charge on any atom is 0.0847 e. The normalized spacial score (nSPS) is 13.2. The fraction of sp³-hybridized carbons (Fsp3) is 1.00. The van der Waals surface area contributed by atoms with Crippen LogP contribution in [0.2, 0.25) is 0 Å². The van der Waals surface area contributed by atoms with E-state index in [1.165, 1.54) is 77.0 Å². The molecular weight excluding hydrogens is 560 g/mol. The first-order chi connectivity index (χ1) is 19.4. The molecular formula is C32H72O8Ti. The zero-order valence-electron chi connectivity index (χ0n) is 28.4. The van der Waals surface area contributed by atoms with Crippen molar-refractivity contribution in [2.24, 2.45) is 23.7 Å². The van der Waals surface area contributed by atoms with Crippen molar-refractivity contribution >= 4 is 0 Å². The first kappa shape index (κ1) is 51.0. The zero-order valence-corrected chi connectivity index (χ0v) is 29.9. The van der Waals surface area contributed by atoms with Crippen LogP contribution in [0.3, 0.4) is 0 Å². The molecule has 4 N–H and O–H groups in total. The Balaban J connectivity index is -0.000000139. The van der Waals surface area contributed by atoms with E-state index in [1.54, 1.807) is 0 Å². The average Bonchev–Trinajstić information content (AvgIpc) is 2.98. The van der Waals surface area contributed by atoms with Gasteiger partial charge < -0.3 is 0 Å². The van der Waals surface area contributed by atoms with Crippen molar-refractivity contribution in [3.8, 4) is 0 Å². The zero-order chi connectivity index (χ0) is 31.3. The van der Waals surface area contributed by atoms with Gasteiger partial charge in [0.25, 0.3) is 0 Å². The van der Waals surface area contributed by atoms with Crippen molar-refractivity contribution < 1.29 is 62.3 Å². The SMILES string of the molecule is CCCCC(CC)COO.CCCCC(CC)COO.CCCCC(CC)COO.CCCCC(CC)COO.[Ti]. The molecule has 0 radical (unpaired) electrons. The maximum atomic E-state index is 8.17. The van der Waals surface area contributed by atoms with Crippen LogP contribution in [0.5, 0.6) is 0 Å². The van der Waals surface area contributed by atoms with Crippen molar-refractivity contribution in [1.29, 1.82) is 0 Å². The quantitative estimate of drug-likeness (QED) is 0.0472. The fourth-order valence-corrected chi connectivity index (χ4v) is 4.01. The second-order valence-corrected chi connectivity index (χ2v) is 10.8. The van der Waals surface area contributed by atoms with Crippen molar-refractivity contribution in [3.63, 3.8) is 0 Å². The number of rotatable bonds is 24. The molecule has 0 spiro atoms. The van der Waals surface area contributed by atoms with Crippen LogP contribution >= 0.6 is 0 Å². The van der Waals surface area contributed by atoms with Gasteiger partial charge in [-0.1, -0.05) is 132 Å². The predicted molar refractivity (Wildman–Crippen MR) is 168 cm³/mol. The summed E-state index contributed by atoms with van der Waals surface area (Å²) in [5, 5.41) is 32.7. The van der Waals surface area contributed by atoms with Crippen LogP contribution in [0.15, 0.2) is 0 Å². The van der Waals surface area contributed by atoms with E-state index < -0.39 is 0 Å². The third kappa shape index (κ3) is 45.0. The molecule has 4 unspecified atom stereocenters. The van der Waals surface area contributed by atoms with Crippen LogP contribution in [0.1, 0.15) is 158 Å². The summed E-state index contributed by atoms with van der Waals surface area (Å²) >= 11 is 0. The Morgan fingerprint density at radius 2 is 0.537 bits per heavy atom. The summed E-state index contributed by atoms with van der Waals surface area (Å²) in [5.74, 6) is 2.18. The van der Waals surface area contributed by atoms with Gasteiger partial charge in [0.1, 0.15) is 0 Å². The van der Waals surface area contributed by atoms with Crippen molar-refractivity contribution in [2.45, 2.75) is 158 Å². The summed E-state index contributed by atoms with van der Waals surface area (Å²) < 4.78 is 0. The molecule has 0 rings (SSSR count). The van der Waals surface area contributed by atoms with Crippen LogP contribution in [0.4, 0.5) is 0 Å². The van der Waals surface area contributed by atoms with Gasteiger partial charge in [0.05, 0.1) is 26.4 Å². The van der Waals surface area contributed by atoms with Crippen LogP contribution < -0.4 is 0 Å². The van der Waals surface area contributed by atoms with Crippen LogP contribution in [-0.2, 0) is 41.3 Å². The average molecular weight is 633 g/mol. The molecule has 0 bridgehead atoms. The molecule has 0 saturated carbocycles. The molecule has 41 heavy (non-hydrogen) atoms. The molecule has 0 aromatic rings. The molecule has 0 aromatic carbocycles. The van der Waals surface area contributed by atoms with Gasteiger partial charge in [-0.3, -0.25) is 21.0 Å². The third-order valence-corrected chi connectivity index (χ3v) is 7.41. The maximum absolute atomic E-state index is 8.17. The van der Waals surface area contributed by atoms with Crippen LogP contribution in [-0.4, -0.2) is 47.5 Å². The Morgan fingerprint density at radius 3 is 0.634 bits per heavy atom. The van der Waals surface area contributed by atoms with E-state index in [1.807, 2.05) is 0 Å². The van der Waals surface area contributed by atoms with Crippen molar-refractivity contribution in [2.75, 3.05) is 26.4 Å². The summed E-state index contributed by atoms with van der Waals surface area (Å²) in [5.41, 5.74) is 0. The van der Waals surface area contributed by atoms with E-state index in [-0.39, 0.29) is 21.7 Å². The summed E-state index contributed by atoms with van der Waals surface area (Å²) in [6.07, 6.45) is 18.9. The number of hydrogen-bond donors (Lipinski definition) is 4. The molecule has 8 nitrogen and oxygen atoms in total. The Bertz CT molecular complexity index is 336. The molecule has 0 heterocycles. The Kier molecular flexibility index (Phi) is 58.9. The molecule has 0 saturated heterocycles. The second kappa shape index (κ2) is 47.3. The van der Waals surface area contributed by atoms with Gasteiger partial charge in [0.15, 0.2) is 0 Å². The summed E-state index contributed by atoms with van der Waals surface area (Å²) in [4.78, 5) is 16.4.